The quantitative estimate of drug-likeness (QED) is 0.420. The number of nitrogens with zero attached hydrogens (tertiary/aromatic N) is 4. The Morgan fingerprint density at radius 1 is 1.12 bits per heavy atom. The minimum Gasteiger partial charge on any atom is -0.478 e. The molecule has 2 aromatic carbocycles. The van der Waals surface area contributed by atoms with E-state index >= 15 is 4.39 Å². The van der Waals surface area contributed by atoms with Crippen molar-refractivity contribution in [3.8, 4) is 11.3 Å². The Balaban J connectivity index is 1.69. The molecule has 2 aliphatic rings. The summed E-state index contributed by atoms with van der Waals surface area (Å²) in [7, 11) is 3.10. The summed E-state index contributed by atoms with van der Waals surface area (Å²) in [6.45, 7) is 0.0877. The van der Waals surface area contributed by atoms with Gasteiger partial charge in [0, 0.05) is 31.8 Å². The molecule has 0 spiro atoms. The monoisotopic (exact) mass is 578 g/mol. The number of alkyl halides is 3. The first-order chi connectivity index (χ1) is 18.8. The highest BCUT2D eigenvalue weighted by atomic mass is 35.5. The zero-order valence-corrected chi connectivity index (χ0v) is 22.1. The highest BCUT2D eigenvalue weighted by Gasteiger charge is 2.65. The lowest BCUT2D eigenvalue weighted by atomic mass is 9.90. The molecule has 5 rings (SSSR count). The molecule has 0 radical (unpaired) electrons. The maximum atomic E-state index is 15.1. The molecule has 210 valence electrons. The number of hydrogen-bond acceptors (Lipinski definition) is 4. The third kappa shape index (κ3) is 4.40. The number of urea groups is 1. The summed E-state index contributed by atoms with van der Waals surface area (Å²) >= 11 is 6.34. The molecule has 13 heteroatoms. The van der Waals surface area contributed by atoms with Crippen LogP contribution in [0.25, 0.3) is 11.3 Å². The van der Waals surface area contributed by atoms with Gasteiger partial charge in [0.1, 0.15) is 5.82 Å². The molecule has 0 saturated heterocycles. The van der Waals surface area contributed by atoms with E-state index in [4.69, 9.17) is 11.6 Å². The summed E-state index contributed by atoms with van der Waals surface area (Å²) in [5.41, 5.74) is -2.59. The number of amides is 2. The smallest absolute Gasteiger partial charge is 0.398 e. The summed E-state index contributed by atoms with van der Waals surface area (Å²) in [5.74, 6) is -3.18. The maximum absolute atomic E-state index is 15.1. The van der Waals surface area contributed by atoms with Crippen LogP contribution in [0.3, 0.4) is 0 Å². The van der Waals surface area contributed by atoms with E-state index in [9.17, 15) is 32.7 Å². The van der Waals surface area contributed by atoms with Crippen LogP contribution in [0.4, 0.5) is 22.4 Å². The molecule has 1 aliphatic carbocycles. The average Bonchev–Trinajstić information content (AvgIpc) is 3.64. The first-order valence-corrected chi connectivity index (χ1v) is 12.7. The maximum Gasteiger partial charge on any atom is 0.398 e. The van der Waals surface area contributed by atoms with Gasteiger partial charge in [-0.1, -0.05) is 23.7 Å². The molecule has 1 N–H and O–H groups in total. The molecule has 1 saturated carbocycles. The molecule has 1 aromatic heterocycles. The Bertz CT molecular complexity index is 1560. The van der Waals surface area contributed by atoms with E-state index in [1.807, 2.05) is 0 Å². The molecular formula is C27H23ClF4N4O4. The van der Waals surface area contributed by atoms with Gasteiger partial charge < -0.3 is 14.9 Å². The lowest BCUT2D eigenvalue weighted by Crippen LogP contribution is -2.43. The predicted molar refractivity (Wildman–Crippen MR) is 136 cm³/mol. The standard InChI is InChI=1S/C27H23ClF4N4O4/c1-34(2)25(40)35-11-8-16-20(13-35)36(33-22(16)15-7-6-14(24(38)39)12-19(15)29)23(37)21-17(4-3-5-18(21)28)26(9-10-26)27(30,31)32/h3-7,12H,8-11,13H2,1-2H3,(H,38,39). The van der Waals surface area contributed by atoms with E-state index in [2.05, 4.69) is 5.10 Å². The van der Waals surface area contributed by atoms with E-state index in [1.165, 1.54) is 40.1 Å². The number of fused-ring (bicyclic) bond motifs is 1. The number of halogens is 5. The largest absolute Gasteiger partial charge is 0.478 e. The normalized spacial score (nSPS) is 15.9. The molecular weight excluding hydrogens is 556 g/mol. The number of carboxylic acid groups (broad SMARTS) is 1. The molecule has 0 atom stereocenters. The number of carboxylic acids is 1. The second-order valence-electron chi connectivity index (χ2n) is 10.1. The number of carbonyl (C=O) groups is 3. The number of rotatable bonds is 4. The van der Waals surface area contributed by atoms with Crippen LogP contribution in [-0.4, -0.2) is 69.4 Å². The van der Waals surface area contributed by atoms with Gasteiger partial charge in [0.15, 0.2) is 0 Å². The van der Waals surface area contributed by atoms with Crippen LogP contribution in [0.15, 0.2) is 36.4 Å². The number of carbonyl (C=O) groups excluding carboxylic acids is 2. The molecule has 8 nitrogen and oxygen atoms in total. The summed E-state index contributed by atoms with van der Waals surface area (Å²) in [6, 6.07) is 6.75. The Kier molecular flexibility index (Phi) is 6.64. The minimum absolute atomic E-state index is 0.0281. The number of aromatic nitrogens is 2. The van der Waals surface area contributed by atoms with Gasteiger partial charge in [-0.3, -0.25) is 4.79 Å². The topological polar surface area (TPSA) is 95.7 Å². The molecule has 40 heavy (non-hydrogen) atoms. The van der Waals surface area contributed by atoms with Crippen LogP contribution in [0.2, 0.25) is 5.02 Å². The summed E-state index contributed by atoms with van der Waals surface area (Å²) < 4.78 is 58.3. The van der Waals surface area contributed by atoms with Crippen LogP contribution >= 0.6 is 11.6 Å². The van der Waals surface area contributed by atoms with Crippen molar-refractivity contribution in [2.45, 2.75) is 37.4 Å². The summed E-state index contributed by atoms with van der Waals surface area (Å²) in [5, 5.41) is 13.4. The van der Waals surface area contributed by atoms with Gasteiger partial charge in [-0.2, -0.15) is 23.0 Å². The van der Waals surface area contributed by atoms with Gasteiger partial charge >= 0.3 is 18.2 Å². The van der Waals surface area contributed by atoms with Gasteiger partial charge in [0.2, 0.25) is 0 Å². The SMILES string of the molecule is CN(C)C(=O)N1CCc2c(-c3ccc(C(=O)O)cc3F)nn(C(=O)c3c(Cl)cccc3C3(C(F)(F)F)CC3)c2C1. The fourth-order valence-electron chi connectivity index (χ4n) is 5.16. The molecule has 0 unspecified atom stereocenters. The van der Waals surface area contributed by atoms with Gasteiger partial charge in [0.05, 0.1) is 39.5 Å². The zero-order valence-electron chi connectivity index (χ0n) is 21.4. The van der Waals surface area contributed by atoms with E-state index in [1.54, 1.807) is 14.1 Å². The van der Waals surface area contributed by atoms with Crippen LogP contribution in [0, 0.1) is 5.82 Å². The summed E-state index contributed by atoms with van der Waals surface area (Å²) in [4.78, 5) is 40.8. The average molecular weight is 579 g/mol. The Hall–Kier alpha value is -3.93. The Labute approximate surface area is 230 Å². The lowest BCUT2D eigenvalue weighted by molar-refractivity contribution is -0.160. The van der Waals surface area contributed by atoms with Crippen molar-refractivity contribution in [2.24, 2.45) is 0 Å². The van der Waals surface area contributed by atoms with Crippen molar-refractivity contribution in [2.75, 3.05) is 20.6 Å². The molecule has 3 aromatic rings. The third-order valence-corrected chi connectivity index (χ3v) is 7.73. The van der Waals surface area contributed by atoms with Crippen LogP contribution < -0.4 is 0 Å². The number of hydrogen-bond donors (Lipinski definition) is 1. The van der Waals surface area contributed by atoms with E-state index < -0.39 is 29.3 Å². The first-order valence-electron chi connectivity index (χ1n) is 12.3. The highest BCUT2D eigenvalue weighted by Crippen LogP contribution is 2.60. The summed E-state index contributed by atoms with van der Waals surface area (Å²) in [6.07, 6.45) is -4.86. The molecule has 1 aliphatic heterocycles. The molecule has 1 fully saturated rings. The first kappa shape index (κ1) is 27.6. The van der Waals surface area contributed by atoms with Crippen LogP contribution in [-0.2, 0) is 18.4 Å². The van der Waals surface area contributed by atoms with Gasteiger partial charge in [-0.25, -0.2) is 14.0 Å². The van der Waals surface area contributed by atoms with Crippen molar-refractivity contribution >= 4 is 29.5 Å². The fraction of sp³-hybridized carbons (Fsp3) is 0.333. The van der Waals surface area contributed by atoms with Crippen LogP contribution in [0.5, 0.6) is 0 Å². The van der Waals surface area contributed by atoms with Gasteiger partial charge in [-0.05, 0) is 49.1 Å². The van der Waals surface area contributed by atoms with Crippen molar-refractivity contribution in [1.29, 1.82) is 0 Å². The van der Waals surface area contributed by atoms with Crippen molar-refractivity contribution in [1.82, 2.24) is 19.6 Å². The van der Waals surface area contributed by atoms with E-state index in [0.717, 1.165) is 10.7 Å². The molecule has 2 amide bonds. The highest BCUT2D eigenvalue weighted by molar-refractivity contribution is 6.34. The number of benzene rings is 2. The lowest BCUT2D eigenvalue weighted by Gasteiger charge is -2.30. The molecule has 2 heterocycles. The molecule has 0 bridgehead atoms. The Morgan fingerprint density at radius 3 is 2.40 bits per heavy atom. The predicted octanol–water partition coefficient (Wildman–Crippen LogP) is 5.36. The minimum atomic E-state index is -4.62. The van der Waals surface area contributed by atoms with Gasteiger partial charge in [-0.15, -0.1) is 0 Å². The van der Waals surface area contributed by atoms with E-state index in [-0.39, 0.29) is 77.0 Å². The van der Waals surface area contributed by atoms with Crippen molar-refractivity contribution in [3.05, 3.63) is 75.2 Å². The third-order valence-electron chi connectivity index (χ3n) is 7.41. The van der Waals surface area contributed by atoms with Crippen LogP contribution in [0.1, 0.15) is 50.4 Å². The number of aromatic carboxylic acids is 1. The Morgan fingerprint density at radius 2 is 1.82 bits per heavy atom. The zero-order chi connectivity index (χ0) is 29.1. The van der Waals surface area contributed by atoms with Gasteiger partial charge in [0.25, 0.3) is 5.91 Å². The van der Waals surface area contributed by atoms with E-state index in [0.29, 0.717) is 5.56 Å². The fourth-order valence-corrected chi connectivity index (χ4v) is 5.42. The van der Waals surface area contributed by atoms with Crippen molar-refractivity contribution in [3.63, 3.8) is 0 Å². The second kappa shape index (κ2) is 9.61. The second-order valence-corrected chi connectivity index (χ2v) is 10.5. The van der Waals surface area contributed by atoms with Crippen molar-refractivity contribution < 1.29 is 37.1 Å².